The molecule has 0 spiro atoms. The number of carbonyl (C=O) groups is 2. The lowest BCUT2D eigenvalue weighted by atomic mass is 9.69. The maximum Gasteiger partial charge on any atom is 0.338 e. The Hall–Kier alpha value is -0.840. The first-order valence-corrected chi connectivity index (χ1v) is 13.2. The Morgan fingerprint density at radius 1 is 1.23 bits per heavy atom. The zero-order valence-corrected chi connectivity index (χ0v) is 20.2. The van der Waals surface area contributed by atoms with E-state index in [2.05, 4.69) is 23.9 Å². The van der Waals surface area contributed by atoms with Gasteiger partial charge in [-0.1, -0.05) is 27.7 Å². The molecule has 0 aromatic carbocycles. The molecule has 30 heavy (non-hydrogen) atoms. The van der Waals surface area contributed by atoms with Crippen LogP contribution in [0.1, 0.15) is 47.0 Å². The highest BCUT2D eigenvalue weighted by molar-refractivity contribution is 8.02. The van der Waals surface area contributed by atoms with Crippen molar-refractivity contribution in [1.82, 2.24) is 9.62 Å². The summed E-state index contributed by atoms with van der Waals surface area (Å²) in [4.78, 5) is 23.6. The molecule has 0 aromatic rings. The maximum atomic E-state index is 13.2. The van der Waals surface area contributed by atoms with Crippen LogP contribution in [0.4, 0.5) is 0 Å². The Kier molecular flexibility index (Phi) is 6.55. The van der Waals surface area contributed by atoms with Crippen molar-refractivity contribution in [3.63, 3.8) is 0 Å². The standard InChI is InChI=1S/C20H34N2O6S2/c1-6-22(7-2)30(25,26)13-19-9-8-14(18(19,3)4)10-15(19)28-17(24)20(12-21-20)29-11-16(23)27-5/h14-15,21H,6-13H2,1-5H3/t14-,15-,19-,20-/m1/s1. The molecule has 8 nitrogen and oxygen atoms in total. The summed E-state index contributed by atoms with van der Waals surface area (Å²) in [6.45, 7) is 9.21. The van der Waals surface area contributed by atoms with Crippen molar-refractivity contribution in [2.75, 3.05) is 38.2 Å². The van der Waals surface area contributed by atoms with Crippen LogP contribution in [0.15, 0.2) is 0 Å². The number of fused-ring (bicyclic) bond motifs is 2. The van der Waals surface area contributed by atoms with Gasteiger partial charge in [-0.3, -0.25) is 10.1 Å². The lowest BCUT2D eigenvalue weighted by Crippen LogP contribution is -2.50. The third kappa shape index (κ3) is 3.89. The zero-order valence-electron chi connectivity index (χ0n) is 18.5. The lowest BCUT2D eigenvalue weighted by molar-refractivity contribution is -0.157. The van der Waals surface area contributed by atoms with Crippen LogP contribution in [-0.2, 0) is 29.1 Å². The summed E-state index contributed by atoms with van der Waals surface area (Å²) in [6.07, 6.45) is 1.93. The van der Waals surface area contributed by atoms with Crippen molar-refractivity contribution in [1.29, 1.82) is 0 Å². The maximum absolute atomic E-state index is 13.2. The van der Waals surface area contributed by atoms with E-state index in [-0.39, 0.29) is 16.9 Å². The van der Waals surface area contributed by atoms with Crippen molar-refractivity contribution < 1.29 is 27.5 Å². The Labute approximate surface area is 183 Å². The van der Waals surface area contributed by atoms with Gasteiger partial charge in [-0.25, -0.2) is 17.5 Å². The van der Waals surface area contributed by atoms with Crippen molar-refractivity contribution in [3.8, 4) is 0 Å². The number of carbonyl (C=O) groups excluding carboxylic acids is 2. The molecule has 1 heterocycles. The van der Waals surface area contributed by atoms with E-state index in [1.807, 2.05) is 13.8 Å². The molecule has 0 radical (unpaired) electrons. The summed E-state index contributed by atoms with van der Waals surface area (Å²) >= 11 is 1.17. The number of methoxy groups -OCH3 is 1. The minimum absolute atomic E-state index is 0.00113. The number of esters is 2. The summed E-state index contributed by atoms with van der Waals surface area (Å²) in [5, 5.41) is 3.02. The van der Waals surface area contributed by atoms with Crippen molar-refractivity contribution >= 4 is 33.7 Å². The Morgan fingerprint density at radius 2 is 1.87 bits per heavy atom. The summed E-state index contributed by atoms with van der Waals surface area (Å²) in [5.74, 6) is -0.432. The fourth-order valence-electron chi connectivity index (χ4n) is 5.39. The third-order valence-corrected chi connectivity index (χ3v) is 11.1. The van der Waals surface area contributed by atoms with Crippen molar-refractivity contribution in [2.45, 2.75) is 57.9 Å². The molecule has 1 aliphatic heterocycles. The van der Waals surface area contributed by atoms with Gasteiger partial charge in [0.1, 0.15) is 6.10 Å². The summed E-state index contributed by atoms with van der Waals surface area (Å²) in [5.41, 5.74) is -0.834. The highest BCUT2D eigenvalue weighted by Crippen LogP contribution is 2.67. The topological polar surface area (TPSA) is 112 Å². The molecule has 3 fully saturated rings. The summed E-state index contributed by atoms with van der Waals surface area (Å²) in [7, 11) is -2.16. The Bertz CT molecular complexity index is 791. The minimum Gasteiger partial charge on any atom is -0.468 e. The molecule has 10 heteroatoms. The first-order chi connectivity index (χ1) is 14.0. The SMILES string of the molecule is CCN(CC)S(=O)(=O)C[C@]12CC[C@H](C[C@H]1OC(=O)[C@]1(SCC(=O)OC)CN1)C2(C)C. The van der Waals surface area contributed by atoms with Gasteiger partial charge in [0.05, 0.1) is 18.6 Å². The molecule has 2 aliphatic carbocycles. The number of rotatable bonds is 10. The molecular formula is C20H34N2O6S2. The second kappa shape index (κ2) is 8.26. The second-order valence-corrected chi connectivity index (χ2v) is 12.4. The smallest absolute Gasteiger partial charge is 0.338 e. The third-order valence-electron chi connectivity index (χ3n) is 7.64. The predicted molar refractivity (Wildman–Crippen MR) is 115 cm³/mol. The summed E-state index contributed by atoms with van der Waals surface area (Å²) in [6, 6.07) is 0. The number of nitrogens with zero attached hydrogens (tertiary/aromatic N) is 1. The Balaban J connectivity index is 1.79. The number of ether oxygens (including phenoxy) is 2. The number of nitrogens with one attached hydrogen (secondary N) is 1. The largest absolute Gasteiger partial charge is 0.468 e. The van der Waals surface area contributed by atoms with Crippen molar-refractivity contribution in [3.05, 3.63) is 0 Å². The van der Waals surface area contributed by atoms with E-state index in [1.165, 1.54) is 23.2 Å². The van der Waals surface area contributed by atoms with E-state index in [0.29, 0.717) is 32.0 Å². The van der Waals surface area contributed by atoms with Crippen LogP contribution < -0.4 is 5.32 Å². The molecule has 4 atom stereocenters. The fraction of sp³-hybridized carbons (Fsp3) is 0.900. The van der Waals surface area contributed by atoms with E-state index in [0.717, 1.165) is 12.8 Å². The van der Waals surface area contributed by atoms with Gasteiger partial charge in [-0.15, -0.1) is 11.8 Å². The van der Waals surface area contributed by atoms with E-state index in [1.54, 1.807) is 0 Å². The normalized spacial score (nSPS) is 34.2. The van der Waals surface area contributed by atoms with Crippen LogP contribution in [0.25, 0.3) is 0 Å². The van der Waals surface area contributed by atoms with Crippen LogP contribution in [0.5, 0.6) is 0 Å². The van der Waals surface area contributed by atoms with Crippen LogP contribution >= 0.6 is 11.8 Å². The van der Waals surface area contributed by atoms with Gasteiger partial charge in [0, 0.05) is 25.0 Å². The average molecular weight is 463 g/mol. The van der Waals surface area contributed by atoms with Gasteiger partial charge in [0.2, 0.25) is 10.0 Å². The van der Waals surface area contributed by atoms with Crippen molar-refractivity contribution in [2.24, 2.45) is 16.7 Å². The van der Waals surface area contributed by atoms with E-state index < -0.39 is 38.4 Å². The van der Waals surface area contributed by atoms with Gasteiger partial charge in [-0.2, -0.15) is 0 Å². The summed E-state index contributed by atoms with van der Waals surface area (Å²) < 4.78 is 38.5. The second-order valence-electron chi connectivity index (χ2n) is 9.13. The van der Waals surface area contributed by atoms with Gasteiger partial charge in [0.15, 0.2) is 4.87 Å². The zero-order chi connectivity index (χ0) is 22.4. The molecule has 2 bridgehead atoms. The average Bonchev–Trinajstić information content (AvgIpc) is 3.41. The highest BCUT2D eigenvalue weighted by Gasteiger charge is 2.68. The van der Waals surface area contributed by atoms with Crippen LogP contribution in [-0.4, -0.2) is 73.9 Å². The monoisotopic (exact) mass is 462 g/mol. The molecule has 3 aliphatic rings. The van der Waals surface area contributed by atoms with Crippen LogP contribution in [0, 0.1) is 16.7 Å². The molecule has 0 amide bonds. The highest BCUT2D eigenvalue weighted by atomic mass is 32.2. The van der Waals surface area contributed by atoms with Crippen LogP contribution in [0.2, 0.25) is 0 Å². The van der Waals surface area contributed by atoms with E-state index >= 15 is 0 Å². The van der Waals surface area contributed by atoms with E-state index in [9.17, 15) is 18.0 Å². The molecule has 3 rings (SSSR count). The first-order valence-electron chi connectivity index (χ1n) is 10.6. The van der Waals surface area contributed by atoms with E-state index in [4.69, 9.17) is 4.74 Å². The number of hydrogen-bond acceptors (Lipinski definition) is 8. The quantitative estimate of drug-likeness (QED) is 0.385. The molecule has 2 saturated carbocycles. The number of sulfonamides is 1. The molecular weight excluding hydrogens is 428 g/mol. The molecule has 0 aromatic heterocycles. The minimum atomic E-state index is -3.47. The molecule has 0 unspecified atom stereocenters. The first kappa shape index (κ1) is 23.8. The van der Waals surface area contributed by atoms with Gasteiger partial charge < -0.3 is 9.47 Å². The Morgan fingerprint density at radius 3 is 2.37 bits per heavy atom. The molecule has 172 valence electrons. The predicted octanol–water partition coefficient (Wildman–Crippen LogP) is 1.60. The van der Waals surface area contributed by atoms with Gasteiger partial charge in [0.25, 0.3) is 0 Å². The van der Waals surface area contributed by atoms with Crippen LogP contribution in [0.3, 0.4) is 0 Å². The number of thioether (sulfide) groups is 1. The van der Waals surface area contributed by atoms with Gasteiger partial charge in [-0.05, 0) is 30.6 Å². The molecule has 1 saturated heterocycles. The van der Waals surface area contributed by atoms with Gasteiger partial charge >= 0.3 is 11.9 Å². The number of hydrogen-bond donors (Lipinski definition) is 1. The lowest BCUT2D eigenvalue weighted by Gasteiger charge is -2.42. The molecule has 1 N–H and O–H groups in total. The fourth-order valence-corrected chi connectivity index (χ4v) is 8.64.